The first-order chi connectivity index (χ1) is 13.6. The van der Waals surface area contributed by atoms with Crippen LogP contribution in [0.2, 0.25) is 5.02 Å². The van der Waals surface area contributed by atoms with E-state index in [0.29, 0.717) is 22.9 Å². The normalized spacial score (nSPS) is 12.2. The molecule has 6 nitrogen and oxygen atoms in total. The highest BCUT2D eigenvalue weighted by molar-refractivity contribution is 6.30. The van der Waals surface area contributed by atoms with Gasteiger partial charge in [0.1, 0.15) is 19.0 Å². The number of hydrogen-bond donors (Lipinski definition) is 1. The van der Waals surface area contributed by atoms with Gasteiger partial charge in [-0.3, -0.25) is 4.79 Å². The van der Waals surface area contributed by atoms with Crippen LogP contribution in [0.1, 0.15) is 33.3 Å². The third-order valence-electron chi connectivity index (χ3n) is 4.53. The summed E-state index contributed by atoms with van der Waals surface area (Å²) in [7, 11) is 1.97. The van der Waals surface area contributed by atoms with Crippen molar-refractivity contribution in [2.45, 2.75) is 40.3 Å². The van der Waals surface area contributed by atoms with Crippen LogP contribution in [0.25, 0.3) is 0 Å². The van der Waals surface area contributed by atoms with Crippen LogP contribution in [0.5, 0.6) is 5.75 Å². The number of nitrogens with one attached hydrogen (secondary N) is 1. The molecule has 0 aromatic heterocycles. The molecule has 0 saturated carbocycles. The number of benzene rings is 2. The molecule has 1 N–H and O–H groups in total. The van der Waals surface area contributed by atoms with Gasteiger partial charge in [0.15, 0.2) is 0 Å². The van der Waals surface area contributed by atoms with Gasteiger partial charge in [0.25, 0.3) is 0 Å². The number of carbonyl (C=O) groups is 1. The number of hydrogen-bond acceptors (Lipinski definition) is 6. The van der Waals surface area contributed by atoms with E-state index < -0.39 is 5.41 Å². The van der Waals surface area contributed by atoms with E-state index in [0.717, 1.165) is 11.4 Å². The fraction of sp³-hybridized carbons (Fsp3) is 0.409. The van der Waals surface area contributed by atoms with E-state index in [1.54, 1.807) is 39.0 Å². The second kappa shape index (κ2) is 9.74. The highest BCUT2D eigenvalue weighted by Crippen LogP contribution is 2.28. The standard InChI is InChI=1S/C22H28ClN3O3/c1-15(13-28-19-9-6-17(23)7-10-19)26(5)18-8-11-20(25-24)16(12-18)14-29-21(27)22(2,3)4/h6-12,15,24H,13-14H2,1-5H3. The molecule has 29 heavy (non-hydrogen) atoms. The summed E-state index contributed by atoms with van der Waals surface area (Å²) in [5.74, 6) is 0.463. The van der Waals surface area contributed by atoms with E-state index in [-0.39, 0.29) is 18.6 Å². The first-order valence-corrected chi connectivity index (χ1v) is 9.78. The second-order valence-corrected chi connectivity index (χ2v) is 8.41. The van der Waals surface area contributed by atoms with Crippen LogP contribution in [0.4, 0.5) is 11.4 Å². The van der Waals surface area contributed by atoms with Crippen LogP contribution in [0, 0.1) is 10.9 Å². The highest BCUT2D eigenvalue weighted by atomic mass is 35.5. The molecule has 0 saturated heterocycles. The maximum Gasteiger partial charge on any atom is 0.311 e. The SMILES string of the molecule is CC(COc1ccc(Cl)cc1)N(C)c1ccc(N=N)c(COC(=O)C(C)(C)C)c1. The zero-order valence-corrected chi connectivity index (χ0v) is 18.3. The van der Waals surface area contributed by atoms with Gasteiger partial charge in [-0.2, -0.15) is 5.11 Å². The van der Waals surface area contributed by atoms with Crippen molar-refractivity contribution in [3.05, 3.63) is 53.1 Å². The zero-order chi connectivity index (χ0) is 21.6. The number of likely N-dealkylation sites (N-methyl/N-ethyl adjacent to an activating group) is 1. The average Bonchev–Trinajstić information content (AvgIpc) is 2.69. The predicted molar refractivity (Wildman–Crippen MR) is 115 cm³/mol. The van der Waals surface area contributed by atoms with Crippen molar-refractivity contribution in [2.24, 2.45) is 10.5 Å². The number of esters is 1. The Morgan fingerprint density at radius 3 is 2.45 bits per heavy atom. The third kappa shape index (κ3) is 6.46. The summed E-state index contributed by atoms with van der Waals surface area (Å²) >= 11 is 5.90. The molecule has 0 spiro atoms. The van der Waals surface area contributed by atoms with Gasteiger partial charge in [0.05, 0.1) is 17.1 Å². The number of ether oxygens (including phenoxy) is 2. The Hall–Kier alpha value is -2.60. The summed E-state index contributed by atoms with van der Waals surface area (Å²) in [4.78, 5) is 14.1. The summed E-state index contributed by atoms with van der Waals surface area (Å²) in [6, 6.07) is 12.9. The molecule has 0 aliphatic carbocycles. The first-order valence-electron chi connectivity index (χ1n) is 9.40. The molecule has 2 rings (SSSR count). The molecule has 0 radical (unpaired) electrons. The van der Waals surface area contributed by atoms with Crippen molar-refractivity contribution >= 4 is 28.9 Å². The van der Waals surface area contributed by atoms with Gasteiger partial charge in [0.2, 0.25) is 0 Å². The number of rotatable bonds is 8. The molecular weight excluding hydrogens is 390 g/mol. The quantitative estimate of drug-likeness (QED) is 0.422. The molecule has 0 aliphatic rings. The predicted octanol–water partition coefficient (Wildman–Crippen LogP) is 6.00. The average molecular weight is 418 g/mol. The Morgan fingerprint density at radius 2 is 1.86 bits per heavy atom. The molecule has 7 heteroatoms. The lowest BCUT2D eigenvalue weighted by atomic mass is 9.97. The highest BCUT2D eigenvalue weighted by Gasteiger charge is 2.23. The molecule has 1 unspecified atom stereocenters. The van der Waals surface area contributed by atoms with Crippen molar-refractivity contribution in [1.29, 1.82) is 5.53 Å². The minimum Gasteiger partial charge on any atom is -0.491 e. The fourth-order valence-electron chi connectivity index (χ4n) is 2.49. The summed E-state index contributed by atoms with van der Waals surface area (Å²) < 4.78 is 11.2. The number of carbonyl (C=O) groups excluding carboxylic acids is 1. The number of nitrogens with zero attached hydrogens (tertiary/aromatic N) is 2. The van der Waals surface area contributed by atoms with Crippen LogP contribution in [0.3, 0.4) is 0 Å². The summed E-state index contributed by atoms with van der Waals surface area (Å²) in [5, 5.41) is 4.21. The summed E-state index contributed by atoms with van der Waals surface area (Å²) in [5.41, 5.74) is 8.88. The Balaban J connectivity index is 2.06. The maximum atomic E-state index is 12.1. The van der Waals surface area contributed by atoms with E-state index in [4.69, 9.17) is 26.6 Å². The Kier molecular flexibility index (Phi) is 7.62. The van der Waals surface area contributed by atoms with E-state index in [2.05, 4.69) is 16.9 Å². The van der Waals surface area contributed by atoms with Gasteiger partial charge in [-0.05, 0) is 70.2 Å². The zero-order valence-electron chi connectivity index (χ0n) is 17.5. The molecule has 0 bridgehead atoms. The minimum atomic E-state index is -0.583. The maximum absolute atomic E-state index is 12.1. The van der Waals surface area contributed by atoms with Crippen LogP contribution in [-0.2, 0) is 16.1 Å². The van der Waals surface area contributed by atoms with E-state index >= 15 is 0 Å². The van der Waals surface area contributed by atoms with Crippen LogP contribution < -0.4 is 9.64 Å². The Morgan fingerprint density at radius 1 is 1.21 bits per heavy atom. The summed E-state index contributed by atoms with van der Waals surface area (Å²) in [6.45, 7) is 8.02. The second-order valence-electron chi connectivity index (χ2n) is 7.98. The summed E-state index contributed by atoms with van der Waals surface area (Å²) in [6.07, 6.45) is 0. The van der Waals surface area contributed by atoms with Crippen LogP contribution in [0.15, 0.2) is 47.6 Å². The molecule has 2 aromatic carbocycles. The van der Waals surface area contributed by atoms with Crippen molar-refractivity contribution in [1.82, 2.24) is 0 Å². The van der Waals surface area contributed by atoms with Crippen LogP contribution >= 0.6 is 11.6 Å². The lowest BCUT2D eigenvalue weighted by Gasteiger charge is -2.27. The van der Waals surface area contributed by atoms with Gasteiger partial charge in [0, 0.05) is 23.3 Å². The third-order valence-corrected chi connectivity index (χ3v) is 4.78. The van der Waals surface area contributed by atoms with Gasteiger partial charge >= 0.3 is 5.97 Å². The Labute approximate surface area is 177 Å². The first kappa shape index (κ1) is 22.7. The van der Waals surface area contributed by atoms with Gasteiger partial charge in [-0.1, -0.05) is 11.6 Å². The molecule has 0 amide bonds. The van der Waals surface area contributed by atoms with E-state index in [9.17, 15) is 4.79 Å². The lowest BCUT2D eigenvalue weighted by Crippen LogP contribution is -2.34. The molecular formula is C22H28ClN3O3. The van der Waals surface area contributed by atoms with Crippen molar-refractivity contribution in [2.75, 3.05) is 18.6 Å². The van der Waals surface area contributed by atoms with Gasteiger partial charge in [-0.15, -0.1) is 0 Å². The molecule has 0 aliphatic heterocycles. The van der Waals surface area contributed by atoms with Crippen LogP contribution in [-0.4, -0.2) is 25.7 Å². The number of anilines is 1. The van der Waals surface area contributed by atoms with Gasteiger partial charge in [-0.25, -0.2) is 5.53 Å². The monoisotopic (exact) mass is 417 g/mol. The van der Waals surface area contributed by atoms with Crippen molar-refractivity contribution in [3.8, 4) is 5.75 Å². The van der Waals surface area contributed by atoms with Gasteiger partial charge < -0.3 is 14.4 Å². The van der Waals surface area contributed by atoms with E-state index in [1.165, 1.54) is 0 Å². The minimum absolute atomic E-state index is 0.0746. The molecule has 1 atom stereocenters. The smallest absolute Gasteiger partial charge is 0.311 e. The Bertz CT molecular complexity index is 847. The fourth-order valence-corrected chi connectivity index (χ4v) is 2.62. The molecule has 156 valence electrons. The van der Waals surface area contributed by atoms with Crippen molar-refractivity contribution < 1.29 is 14.3 Å². The lowest BCUT2D eigenvalue weighted by molar-refractivity contribution is -0.154. The molecule has 0 heterocycles. The van der Waals surface area contributed by atoms with E-state index in [1.807, 2.05) is 31.3 Å². The topological polar surface area (TPSA) is 75.0 Å². The molecule has 0 fully saturated rings. The molecule has 2 aromatic rings. The van der Waals surface area contributed by atoms with Crippen molar-refractivity contribution in [3.63, 3.8) is 0 Å². The number of halogens is 1. The largest absolute Gasteiger partial charge is 0.491 e.